The fourth-order valence-electron chi connectivity index (χ4n) is 2.18. The molecular weight excluding hydrogens is 368 g/mol. The van der Waals surface area contributed by atoms with Gasteiger partial charge in [-0.05, 0) is 41.9 Å². The number of hydrogen-bond donors (Lipinski definition) is 1. The van der Waals surface area contributed by atoms with Gasteiger partial charge in [-0.15, -0.1) is 0 Å². The normalized spacial score (nSPS) is 20.0. The van der Waals surface area contributed by atoms with Crippen molar-refractivity contribution in [3.63, 3.8) is 0 Å². The molecule has 0 spiro atoms. The first kappa shape index (κ1) is 16.0. The van der Waals surface area contributed by atoms with E-state index in [1.807, 2.05) is 13.8 Å². The van der Waals surface area contributed by atoms with Crippen LogP contribution in [-0.4, -0.2) is 38.0 Å². The van der Waals surface area contributed by atoms with E-state index in [-0.39, 0.29) is 9.92 Å². The van der Waals surface area contributed by atoms with E-state index >= 15 is 0 Å². The number of nitrogens with two attached hydrogens (primary N) is 1. The third-order valence-electron chi connectivity index (χ3n) is 3.17. The van der Waals surface area contributed by atoms with Crippen molar-refractivity contribution in [3.05, 3.63) is 21.6 Å². The highest BCUT2D eigenvalue weighted by molar-refractivity contribution is 9.10. The average Bonchev–Trinajstić information content (AvgIpc) is 2.32. The molecule has 1 aromatic carbocycles. The molecular formula is C12H16BrClN2O3S. The van der Waals surface area contributed by atoms with Crippen LogP contribution in [0, 0.1) is 0 Å². The number of nitrogens with zero attached hydrogens (tertiary/aromatic N) is 1. The first-order chi connectivity index (χ1) is 9.16. The van der Waals surface area contributed by atoms with Crippen LogP contribution in [0.25, 0.3) is 0 Å². The van der Waals surface area contributed by atoms with Gasteiger partial charge in [0.25, 0.3) is 0 Å². The lowest BCUT2D eigenvalue weighted by molar-refractivity contribution is -0.00772. The Hall–Kier alpha value is -0.340. The molecule has 0 unspecified atom stereocenters. The third kappa shape index (κ3) is 2.82. The minimum Gasteiger partial charge on any atom is -0.398 e. The second-order valence-corrected chi connectivity index (χ2v) is 8.31. The number of rotatable bonds is 2. The Bertz CT molecular complexity index is 634. The summed E-state index contributed by atoms with van der Waals surface area (Å²) < 4.78 is 32.8. The maximum Gasteiger partial charge on any atom is 0.244 e. The van der Waals surface area contributed by atoms with Gasteiger partial charge in [0.05, 0.1) is 28.1 Å². The predicted octanol–water partition coefficient (Wildman–Crippen LogP) is 2.48. The summed E-state index contributed by atoms with van der Waals surface area (Å²) in [4.78, 5) is 0.0810. The number of hydrogen-bond acceptors (Lipinski definition) is 4. The van der Waals surface area contributed by atoms with Crippen LogP contribution < -0.4 is 5.73 Å². The van der Waals surface area contributed by atoms with Gasteiger partial charge >= 0.3 is 0 Å². The van der Waals surface area contributed by atoms with Gasteiger partial charge in [0.15, 0.2) is 0 Å². The summed E-state index contributed by atoms with van der Waals surface area (Å²) in [7, 11) is -3.70. The quantitative estimate of drug-likeness (QED) is 0.796. The Kier molecular flexibility index (Phi) is 4.37. The van der Waals surface area contributed by atoms with Crippen LogP contribution in [0.4, 0.5) is 5.69 Å². The van der Waals surface area contributed by atoms with Crippen molar-refractivity contribution in [1.82, 2.24) is 4.31 Å². The summed E-state index contributed by atoms with van der Waals surface area (Å²) in [5.41, 5.74) is 5.45. The number of sulfonamides is 1. The molecule has 0 bridgehead atoms. The molecule has 2 rings (SSSR count). The van der Waals surface area contributed by atoms with E-state index in [1.54, 1.807) is 0 Å². The van der Waals surface area contributed by atoms with E-state index < -0.39 is 15.6 Å². The minimum atomic E-state index is -3.70. The fraction of sp³-hybridized carbons (Fsp3) is 0.500. The highest BCUT2D eigenvalue weighted by Crippen LogP contribution is 2.36. The Morgan fingerprint density at radius 2 is 2.10 bits per heavy atom. The lowest BCUT2D eigenvalue weighted by atomic mass is 10.1. The molecule has 20 heavy (non-hydrogen) atoms. The van der Waals surface area contributed by atoms with Crippen molar-refractivity contribution in [2.75, 3.05) is 25.5 Å². The summed E-state index contributed by atoms with van der Waals surface area (Å²) in [5.74, 6) is 0. The van der Waals surface area contributed by atoms with Gasteiger partial charge in [-0.25, -0.2) is 8.42 Å². The smallest absolute Gasteiger partial charge is 0.244 e. The lowest BCUT2D eigenvalue weighted by Gasteiger charge is -2.40. The highest BCUT2D eigenvalue weighted by atomic mass is 79.9. The molecule has 1 saturated heterocycles. The summed E-state index contributed by atoms with van der Waals surface area (Å²) in [5, 5.41) is 0.287. The van der Waals surface area contributed by atoms with E-state index in [9.17, 15) is 8.42 Å². The number of anilines is 1. The zero-order chi connectivity index (χ0) is 15.1. The third-order valence-corrected chi connectivity index (χ3v) is 6.67. The van der Waals surface area contributed by atoms with Crippen LogP contribution in [0.3, 0.4) is 0 Å². The molecule has 2 N–H and O–H groups in total. The second kappa shape index (κ2) is 5.46. The molecule has 1 fully saturated rings. The van der Waals surface area contributed by atoms with Crippen molar-refractivity contribution >= 4 is 43.2 Å². The molecule has 0 aliphatic carbocycles. The Labute approximate surface area is 132 Å². The Balaban J connectivity index is 2.56. The predicted molar refractivity (Wildman–Crippen MR) is 82.4 cm³/mol. The molecule has 8 heteroatoms. The van der Waals surface area contributed by atoms with Crippen molar-refractivity contribution in [2.45, 2.75) is 24.3 Å². The second-order valence-electron chi connectivity index (χ2n) is 5.25. The van der Waals surface area contributed by atoms with Crippen LogP contribution >= 0.6 is 27.5 Å². The summed E-state index contributed by atoms with van der Waals surface area (Å²) >= 11 is 9.16. The van der Waals surface area contributed by atoms with Gasteiger partial charge < -0.3 is 10.5 Å². The van der Waals surface area contributed by atoms with Crippen molar-refractivity contribution in [1.29, 1.82) is 0 Å². The van der Waals surface area contributed by atoms with E-state index in [4.69, 9.17) is 22.1 Å². The molecule has 112 valence electrons. The number of nitrogen functional groups attached to an aromatic ring is 1. The van der Waals surface area contributed by atoms with Gasteiger partial charge in [-0.3, -0.25) is 0 Å². The molecule has 5 nitrogen and oxygen atoms in total. The number of ether oxygens (including phenoxy) is 1. The van der Waals surface area contributed by atoms with E-state index in [2.05, 4.69) is 15.9 Å². The molecule has 0 atom stereocenters. The van der Waals surface area contributed by atoms with Crippen LogP contribution in [0.5, 0.6) is 0 Å². The number of benzene rings is 1. The Morgan fingerprint density at radius 1 is 1.45 bits per heavy atom. The van der Waals surface area contributed by atoms with Crippen molar-refractivity contribution in [2.24, 2.45) is 0 Å². The average molecular weight is 384 g/mol. The van der Waals surface area contributed by atoms with Crippen LogP contribution in [0.15, 0.2) is 21.5 Å². The summed E-state index contributed by atoms with van der Waals surface area (Å²) in [6.07, 6.45) is 0. The lowest BCUT2D eigenvalue weighted by Crippen LogP contribution is -2.55. The van der Waals surface area contributed by atoms with Crippen molar-refractivity contribution < 1.29 is 13.2 Å². The maximum atomic E-state index is 12.9. The fourth-order valence-corrected chi connectivity index (χ4v) is 5.19. The number of halogens is 2. The summed E-state index contributed by atoms with van der Waals surface area (Å²) in [6, 6.07) is 2.91. The summed E-state index contributed by atoms with van der Waals surface area (Å²) in [6.45, 7) is 4.67. The van der Waals surface area contributed by atoms with Gasteiger partial charge in [0.1, 0.15) is 0 Å². The largest absolute Gasteiger partial charge is 0.398 e. The molecule has 0 amide bonds. The van der Waals surface area contributed by atoms with Gasteiger partial charge in [0, 0.05) is 17.3 Å². The number of morpholine rings is 1. The molecule has 0 saturated carbocycles. The van der Waals surface area contributed by atoms with Gasteiger partial charge in [-0.2, -0.15) is 4.31 Å². The van der Waals surface area contributed by atoms with E-state index in [0.717, 1.165) is 0 Å². The van der Waals surface area contributed by atoms with Crippen molar-refractivity contribution in [3.8, 4) is 0 Å². The van der Waals surface area contributed by atoms with E-state index in [1.165, 1.54) is 16.4 Å². The standard InChI is InChI=1S/C12H16BrClN2O3S/c1-12(2)7-19-4-3-16(12)20(17,18)10-6-8(14)5-9(15)11(10)13/h5-6H,3-4,7,15H2,1-2H3. The zero-order valence-corrected chi connectivity index (χ0v) is 14.3. The Morgan fingerprint density at radius 3 is 2.70 bits per heavy atom. The first-order valence-electron chi connectivity index (χ1n) is 6.01. The topological polar surface area (TPSA) is 72.6 Å². The molecule has 1 heterocycles. The molecule has 1 aliphatic heterocycles. The van der Waals surface area contributed by atoms with Crippen LogP contribution in [0.2, 0.25) is 5.02 Å². The minimum absolute atomic E-state index is 0.0810. The maximum absolute atomic E-state index is 12.9. The zero-order valence-electron chi connectivity index (χ0n) is 11.2. The highest BCUT2D eigenvalue weighted by Gasteiger charge is 2.40. The SMILES string of the molecule is CC1(C)COCCN1S(=O)(=O)c1cc(Cl)cc(N)c1Br. The molecule has 0 aromatic heterocycles. The van der Waals surface area contributed by atoms with E-state index in [0.29, 0.717) is 29.9 Å². The van der Waals surface area contributed by atoms with Crippen LogP contribution in [0.1, 0.15) is 13.8 Å². The molecule has 0 radical (unpaired) electrons. The van der Waals surface area contributed by atoms with Crippen LogP contribution in [-0.2, 0) is 14.8 Å². The van der Waals surface area contributed by atoms with Gasteiger partial charge in [0.2, 0.25) is 10.0 Å². The molecule has 1 aliphatic rings. The monoisotopic (exact) mass is 382 g/mol. The first-order valence-corrected chi connectivity index (χ1v) is 8.62. The van der Waals surface area contributed by atoms with Gasteiger partial charge in [-0.1, -0.05) is 11.6 Å². The molecule has 1 aromatic rings.